The molecule has 1 fully saturated rings. The molecule has 0 atom stereocenters. The van der Waals surface area contributed by atoms with Crippen LogP contribution in [-0.4, -0.2) is 5.91 Å². The Labute approximate surface area is 168 Å². The molecule has 2 nitrogen and oxygen atoms in total. The summed E-state index contributed by atoms with van der Waals surface area (Å²) < 4.78 is 0. The van der Waals surface area contributed by atoms with Crippen LogP contribution >= 0.6 is 7.92 Å². The van der Waals surface area contributed by atoms with Crippen LogP contribution in [0.1, 0.15) is 5.56 Å². The molecule has 3 aromatic rings. The van der Waals surface area contributed by atoms with Crippen molar-refractivity contribution in [3.05, 3.63) is 127 Å². The number of rotatable bonds is 6. The van der Waals surface area contributed by atoms with Crippen molar-refractivity contribution >= 4 is 24.4 Å². The zero-order chi connectivity index (χ0) is 19.2. The van der Waals surface area contributed by atoms with E-state index >= 15 is 0 Å². The van der Waals surface area contributed by atoms with E-state index in [-0.39, 0.29) is 5.91 Å². The molecule has 3 heteroatoms. The van der Waals surface area contributed by atoms with Crippen molar-refractivity contribution in [2.75, 3.05) is 0 Å². The van der Waals surface area contributed by atoms with Crippen LogP contribution in [0.4, 0.5) is 0 Å². The summed E-state index contributed by atoms with van der Waals surface area (Å²) in [6.07, 6.45) is 5.99. The topological polar surface area (TPSA) is 29.1 Å². The SMILES string of the molecule is O=C(NCc1ccccc1)[C]1[CH][CH][CH][C]1P(c1ccccc1)c1ccccc1. The lowest BCUT2D eigenvalue weighted by Crippen LogP contribution is -2.32. The van der Waals surface area contributed by atoms with Crippen molar-refractivity contribution in [1.29, 1.82) is 0 Å². The van der Waals surface area contributed by atoms with Crippen molar-refractivity contribution in [2.45, 2.75) is 6.54 Å². The molecule has 0 aromatic heterocycles. The van der Waals surface area contributed by atoms with Crippen LogP contribution in [0.25, 0.3) is 0 Å². The van der Waals surface area contributed by atoms with Crippen LogP contribution in [0.5, 0.6) is 0 Å². The number of amides is 1. The maximum Gasteiger partial charge on any atom is 0.228 e. The third-order valence-electron chi connectivity index (χ3n) is 4.60. The van der Waals surface area contributed by atoms with Crippen molar-refractivity contribution in [3.8, 4) is 0 Å². The minimum absolute atomic E-state index is 0.0248. The van der Waals surface area contributed by atoms with Gasteiger partial charge in [0.05, 0.1) is 5.92 Å². The van der Waals surface area contributed by atoms with E-state index in [0.717, 1.165) is 17.1 Å². The van der Waals surface area contributed by atoms with Gasteiger partial charge in [0.15, 0.2) is 0 Å². The molecule has 4 rings (SSSR count). The number of hydrogen-bond donors (Lipinski definition) is 1. The molecule has 28 heavy (non-hydrogen) atoms. The fourth-order valence-corrected chi connectivity index (χ4v) is 5.70. The van der Waals surface area contributed by atoms with Gasteiger partial charge >= 0.3 is 0 Å². The van der Waals surface area contributed by atoms with E-state index in [0.29, 0.717) is 6.54 Å². The molecule has 0 aliphatic heterocycles. The second-order valence-electron chi connectivity index (χ2n) is 6.50. The van der Waals surface area contributed by atoms with E-state index in [2.05, 4.69) is 60.3 Å². The first-order chi connectivity index (χ1) is 13.8. The summed E-state index contributed by atoms with van der Waals surface area (Å²) in [5.74, 6) is 0.734. The maximum atomic E-state index is 13.0. The van der Waals surface area contributed by atoms with Gasteiger partial charge in [-0.3, -0.25) is 4.79 Å². The van der Waals surface area contributed by atoms with Crippen LogP contribution in [0, 0.1) is 30.8 Å². The highest BCUT2D eigenvalue weighted by molar-refractivity contribution is 7.76. The molecule has 1 saturated carbocycles. The smallest absolute Gasteiger partial charge is 0.228 e. The highest BCUT2D eigenvalue weighted by Gasteiger charge is 2.41. The highest BCUT2D eigenvalue weighted by Crippen LogP contribution is 2.55. The molecule has 0 saturated heterocycles. The van der Waals surface area contributed by atoms with Gasteiger partial charge in [0.2, 0.25) is 5.91 Å². The van der Waals surface area contributed by atoms with Gasteiger partial charge < -0.3 is 5.32 Å². The Kier molecular flexibility index (Phi) is 6.19. The van der Waals surface area contributed by atoms with E-state index in [1.54, 1.807) is 0 Å². The van der Waals surface area contributed by atoms with Crippen LogP contribution in [0.2, 0.25) is 0 Å². The van der Waals surface area contributed by atoms with Crippen LogP contribution in [0.15, 0.2) is 91.0 Å². The molecule has 3 aromatic carbocycles. The first-order valence-electron chi connectivity index (χ1n) is 9.31. The fraction of sp³-hybridized carbons (Fsp3) is 0.0400. The van der Waals surface area contributed by atoms with Crippen molar-refractivity contribution in [1.82, 2.24) is 5.32 Å². The number of benzene rings is 3. The van der Waals surface area contributed by atoms with E-state index in [1.165, 1.54) is 10.6 Å². The summed E-state index contributed by atoms with van der Waals surface area (Å²) in [5.41, 5.74) is 2.19. The number of carbonyl (C=O) groups excluding carboxylic acids is 1. The molecule has 1 N–H and O–H groups in total. The van der Waals surface area contributed by atoms with Gasteiger partial charge in [-0.15, -0.1) is 0 Å². The Bertz CT molecular complexity index is 843. The van der Waals surface area contributed by atoms with E-state index in [4.69, 9.17) is 0 Å². The van der Waals surface area contributed by atoms with Crippen molar-refractivity contribution in [3.63, 3.8) is 0 Å². The third-order valence-corrected chi connectivity index (χ3v) is 7.10. The van der Waals surface area contributed by atoms with Gasteiger partial charge in [0.1, 0.15) is 0 Å². The highest BCUT2D eigenvalue weighted by atomic mass is 31.1. The predicted molar refractivity (Wildman–Crippen MR) is 117 cm³/mol. The summed E-state index contributed by atoms with van der Waals surface area (Å²) in [5, 5.41) is 5.56. The number of hydrogen-bond acceptors (Lipinski definition) is 1. The van der Waals surface area contributed by atoms with Gasteiger partial charge in [0, 0.05) is 12.2 Å². The first-order valence-corrected chi connectivity index (χ1v) is 10.6. The largest absolute Gasteiger partial charge is 0.351 e. The summed E-state index contributed by atoms with van der Waals surface area (Å²) in [6.45, 7) is 0.527. The van der Waals surface area contributed by atoms with Crippen molar-refractivity contribution < 1.29 is 4.79 Å². The normalized spacial score (nSPS) is 15.0. The van der Waals surface area contributed by atoms with Crippen LogP contribution in [-0.2, 0) is 11.3 Å². The van der Waals surface area contributed by atoms with Crippen LogP contribution in [0.3, 0.4) is 0 Å². The average Bonchev–Trinajstić information content (AvgIpc) is 3.24. The third kappa shape index (κ3) is 4.34. The predicted octanol–water partition coefficient (Wildman–Crippen LogP) is 4.17. The molecule has 0 spiro atoms. The zero-order valence-corrected chi connectivity index (χ0v) is 16.3. The molecule has 0 unspecified atom stereocenters. The summed E-state index contributed by atoms with van der Waals surface area (Å²) >= 11 is 0. The lowest BCUT2D eigenvalue weighted by molar-refractivity contribution is -0.118. The monoisotopic (exact) mass is 382 g/mol. The second kappa shape index (κ2) is 9.17. The lowest BCUT2D eigenvalue weighted by Gasteiger charge is -2.28. The minimum Gasteiger partial charge on any atom is -0.351 e. The molecule has 1 aliphatic carbocycles. The average molecular weight is 382 g/mol. The van der Waals surface area contributed by atoms with Gasteiger partial charge in [0.25, 0.3) is 0 Å². The Hall–Kier alpha value is -2.44. The summed E-state index contributed by atoms with van der Waals surface area (Å²) in [7, 11) is -0.788. The Morgan fingerprint density at radius 2 is 1.25 bits per heavy atom. The molecule has 0 bridgehead atoms. The first kappa shape index (κ1) is 18.9. The van der Waals surface area contributed by atoms with Crippen LogP contribution < -0.4 is 15.9 Å². The zero-order valence-electron chi connectivity index (χ0n) is 15.5. The Morgan fingerprint density at radius 1 is 0.714 bits per heavy atom. The molecular weight excluding hydrogens is 361 g/mol. The second-order valence-corrected chi connectivity index (χ2v) is 8.68. The van der Waals surface area contributed by atoms with E-state index in [9.17, 15) is 4.79 Å². The lowest BCUT2D eigenvalue weighted by atomic mass is 10.1. The molecular formula is C25H21NOP. The molecule has 5 radical (unpaired) electrons. The molecule has 1 amide bonds. The molecule has 137 valence electrons. The maximum absolute atomic E-state index is 13.0. The fourth-order valence-electron chi connectivity index (χ4n) is 3.25. The van der Waals surface area contributed by atoms with Crippen molar-refractivity contribution in [2.24, 2.45) is 0 Å². The number of carbonyl (C=O) groups is 1. The quantitative estimate of drug-likeness (QED) is 0.637. The standard InChI is InChI=1S/C25H21NOP/c27-25(26-19-20-11-4-1-5-12-20)23-17-10-18-24(23)28(21-13-6-2-7-14-21)22-15-8-3-9-16-22/h1-18H,19H2,(H,26,27). The molecule has 1 aliphatic rings. The minimum atomic E-state index is -0.788. The van der Waals surface area contributed by atoms with Gasteiger partial charge in [-0.25, -0.2) is 0 Å². The summed E-state index contributed by atoms with van der Waals surface area (Å²) in [4.78, 5) is 13.0. The molecule has 0 heterocycles. The number of nitrogens with one attached hydrogen (secondary N) is 1. The van der Waals surface area contributed by atoms with Gasteiger partial charge in [-0.1, -0.05) is 91.0 Å². The van der Waals surface area contributed by atoms with E-state index < -0.39 is 7.92 Å². The Balaban J connectivity index is 1.56. The Morgan fingerprint density at radius 3 is 1.82 bits per heavy atom. The van der Waals surface area contributed by atoms with Gasteiger partial charge in [-0.05, 0) is 43.4 Å². The van der Waals surface area contributed by atoms with Gasteiger partial charge in [-0.2, -0.15) is 0 Å². The van der Waals surface area contributed by atoms with E-state index in [1.807, 2.05) is 55.3 Å². The summed E-state index contributed by atoms with van der Waals surface area (Å²) in [6, 6.07) is 30.9.